The first-order valence-electron chi connectivity index (χ1n) is 6.64. The van der Waals surface area contributed by atoms with Crippen molar-refractivity contribution in [3.05, 3.63) is 0 Å². The predicted molar refractivity (Wildman–Crippen MR) is 72.1 cm³/mol. The van der Waals surface area contributed by atoms with Gasteiger partial charge in [-0.15, -0.1) is 0 Å². The lowest BCUT2D eigenvalue weighted by Crippen LogP contribution is -2.56. The Kier molecular flexibility index (Phi) is 5.94. The number of rotatable bonds is 8. The van der Waals surface area contributed by atoms with Crippen molar-refractivity contribution in [1.82, 2.24) is 5.32 Å². The van der Waals surface area contributed by atoms with Crippen LogP contribution in [-0.2, 0) is 24.2 Å². The molecule has 0 aliphatic carbocycles. The number of unbranched alkanes of at least 4 members (excludes halogenated alkanes) is 2. The Bertz CT molecular complexity index is 453. The first-order valence-corrected chi connectivity index (χ1v) is 8.46. The SMILES string of the molecule is CCCCCS(=O)(=O)CC(=O)NC1(C(=O)O)CCOC1. The van der Waals surface area contributed by atoms with E-state index in [4.69, 9.17) is 9.84 Å². The molecule has 116 valence electrons. The van der Waals surface area contributed by atoms with Gasteiger partial charge in [0.2, 0.25) is 5.91 Å². The Morgan fingerprint density at radius 3 is 2.55 bits per heavy atom. The fraction of sp³-hybridized carbons (Fsp3) is 0.833. The summed E-state index contributed by atoms with van der Waals surface area (Å²) in [6.07, 6.45) is 2.33. The van der Waals surface area contributed by atoms with Crippen molar-refractivity contribution in [3.63, 3.8) is 0 Å². The third-order valence-corrected chi connectivity index (χ3v) is 4.83. The molecular weight excluding hydrogens is 286 g/mol. The maximum atomic E-state index is 11.7. The molecule has 1 heterocycles. The number of hydrogen-bond donors (Lipinski definition) is 2. The number of hydrogen-bond acceptors (Lipinski definition) is 5. The normalized spacial score (nSPS) is 22.6. The first kappa shape index (κ1) is 16.9. The van der Waals surface area contributed by atoms with E-state index in [9.17, 15) is 18.0 Å². The molecule has 8 heteroatoms. The molecular formula is C12H21NO6S. The van der Waals surface area contributed by atoms with Crippen LogP contribution in [0.4, 0.5) is 0 Å². The molecule has 7 nitrogen and oxygen atoms in total. The number of aliphatic carboxylic acids is 1. The van der Waals surface area contributed by atoms with Gasteiger partial charge in [-0.3, -0.25) is 4.79 Å². The summed E-state index contributed by atoms with van der Waals surface area (Å²) in [5.41, 5.74) is -1.49. The van der Waals surface area contributed by atoms with Crippen molar-refractivity contribution in [3.8, 4) is 0 Å². The lowest BCUT2D eigenvalue weighted by molar-refractivity contribution is -0.147. The molecule has 1 aliphatic rings. The van der Waals surface area contributed by atoms with Crippen LogP contribution >= 0.6 is 0 Å². The van der Waals surface area contributed by atoms with Crippen LogP contribution in [-0.4, -0.2) is 55.7 Å². The second-order valence-electron chi connectivity index (χ2n) is 5.04. The van der Waals surface area contributed by atoms with Gasteiger partial charge in [0.05, 0.1) is 12.4 Å². The van der Waals surface area contributed by atoms with Gasteiger partial charge in [-0.2, -0.15) is 0 Å². The molecule has 2 N–H and O–H groups in total. The number of nitrogens with one attached hydrogen (secondary N) is 1. The Hall–Kier alpha value is -1.15. The number of amides is 1. The maximum Gasteiger partial charge on any atom is 0.331 e. The van der Waals surface area contributed by atoms with Crippen LogP contribution in [0.5, 0.6) is 0 Å². The molecule has 0 saturated carbocycles. The van der Waals surface area contributed by atoms with E-state index in [0.29, 0.717) is 6.42 Å². The van der Waals surface area contributed by atoms with Gasteiger partial charge >= 0.3 is 5.97 Å². The largest absolute Gasteiger partial charge is 0.479 e. The second-order valence-corrected chi connectivity index (χ2v) is 7.22. The summed E-state index contributed by atoms with van der Waals surface area (Å²) >= 11 is 0. The molecule has 0 aromatic rings. The zero-order chi connectivity index (χ0) is 15.2. The van der Waals surface area contributed by atoms with E-state index in [1.807, 2.05) is 6.92 Å². The number of ether oxygens (including phenoxy) is 1. The lowest BCUT2D eigenvalue weighted by Gasteiger charge is -2.23. The third kappa shape index (κ3) is 4.75. The van der Waals surface area contributed by atoms with Crippen LogP contribution in [0.2, 0.25) is 0 Å². The number of carbonyl (C=O) groups is 2. The maximum absolute atomic E-state index is 11.7. The molecule has 0 spiro atoms. The Morgan fingerprint density at radius 1 is 1.35 bits per heavy atom. The quantitative estimate of drug-likeness (QED) is 0.608. The van der Waals surface area contributed by atoms with Crippen molar-refractivity contribution in [2.24, 2.45) is 0 Å². The van der Waals surface area contributed by atoms with Gasteiger partial charge in [-0.1, -0.05) is 19.8 Å². The molecule has 1 fully saturated rings. The summed E-state index contributed by atoms with van der Waals surface area (Å²) in [4.78, 5) is 22.9. The third-order valence-electron chi connectivity index (χ3n) is 3.22. The minimum absolute atomic E-state index is 0.0508. The van der Waals surface area contributed by atoms with Crippen LogP contribution in [0.25, 0.3) is 0 Å². The molecule has 1 atom stereocenters. The fourth-order valence-electron chi connectivity index (χ4n) is 2.03. The van der Waals surface area contributed by atoms with Gasteiger partial charge in [0.1, 0.15) is 5.75 Å². The van der Waals surface area contributed by atoms with E-state index in [-0.39, 0.29) is 25.4 Å². The highest BCUT2D eigenvalue weighted by molar-refractivity contribution is 7.92. The Morgan fingerprint density at radius 2 is 2.05 bits per heavy atom. The first-order chi connectivity index (χ1) is 9.31. The van der Waals surface area contributed by atoms with Gasteiger partial charge in [0.15, 0.2) is 15.4 Å². The molecule has 0 aromatic carbocycles. The number of carboxylic acids is 1. The minimum Gasteiger partial charge on any atom is -0.479 e. The smallest absolute Gasteiger partial charge is 0.331 e. The van der Waals surface area contributed by atoms with Crippen molar-refractivity contribution >= 4 is 21.7 Å². The Balaban J connectivity index is 2.56. The second kappa shape index (κ2) is 7.03. The van der Waals surface area contributed by atoms with Crippen molar-refractivity contribution in [1.29, 1.82) is 0 Å². The molecule has 1 rings (SSSR count). The highest BCUT2D eigenvalue weighted by Crippen LogP contribution is 2.19. The van der Waals surface area contributed by atoms with Crippen molar-refractivity contribution in [2.75, 3.05) is 24.7 Å². The molecule has 0 radical (unpaired) electrons. The van der Waals surface area contributed by atoms with Crippen molar-refractivity contribution < 1.29 is 27.9 Å². The number of carboxylic acid groups (broad SMARTS) is 1. The minimum atomic E-state index is -3.49. The van der Waals surface area contributed by atoms with E-state index >= 15 is 0 Å². The zero-order valence-corrected chi connectivity index (χ0v) is 12.4. The highest BCUT2D eigenvalue weighted by atomic mass is 32.2. The van der Waals surface area contributed by atoms with Crippen LogP contribution < -0.4 is 5.32 Å². The van der Waals surface area contributed by atoms with Gasteiger partial charge in [0.25, 0.3) is 0 Å². The monoisotopic (exact) mass is 307 g/mol. The molecule has 1 aliphatic heterocycles. The fourth-order valence-corrected chi connectivity index (χ4v) is 3.29. The average molecular weight is 307 g/mol. The summed E-state index contributed by atoms with van der Waals surface area (Å²) in [6.45, 7) is 2.05. The summed E-state index contributed by atoms with van der Waals surface area (Å²) in [5, 5.41) is 11.4. The standard InChI is InChI=1S/C12H21NO6S/c1-2-3-4-7-20(17,18)8-10(14)13-12(11(15)16)5-6-19-9-12/h2-9H2,1H3,(H,13,14)(H,15,16). The van der Waals surface area contributed by atoms with Crippen LogP contribution in [0.3, 0.4) is 0 Å². The molecule has 1 amide bonds. The van der Waals surface area contributed by atoms with Gasteiger partial charge in [-0.25, -0.2) is 13.2 Å². The van der Waals surface area contributed by atoms with Gasteiger partial charge in [0, 0.05) is 13.0 Å². The van der Waals surface area contributed by atoms with Crippen LogP contribution in [0, 0.1) is 0 Å². The van der Waals surface area contributed by atoms with E-state index in [2.05, 4.69) is 5.32 Å². The van der Waals surface area contributed by atoms with E-state index < -0.39 is 33.0 Å². The number of carbonyl (C=O) groups excluding carboxylic acids is 1. The molecule has 1 unspecified atom stereocenters. The average Bonchev–Trinajstić information content (AvgIpc) is 2.78. The predicted octanol–water partition coefficient (Wildman–Crippen LogP) is -0.0487. The van der Waals surface area contributed by atoms with Gasteiger partial charge < -0.3 is 15.2 Å². The molecule has 0 aromatic heterocycles. The summed E-state index contributed by atoms with van der Waals surface area (Å²) in [5.74, 6) is -2.71. The topological polar surface area (TPSA) is 110 Å². The lowest BCUT2D eigenvalue weighted by atomic mass is 9.99. The van der Waals surface area contributed by atoms with E-state index in [1.54, 1.807) is 0 Å². The summed E-state index contributed by atoms with van der Waals surface area (Å²) < 4.78 is 28.4. The molecule has 0 bridgehead atoms. The summed E-state index contributed by atoms with van der Waals surface area (Å²) in [6, 6.07) is 0. The van der Waals surface area contributed by atoms with E-state index in [0.717, 1.165) is 12.8 Å². The molecule has 20 heavy (non-hydrogen) atoms. The van der Waals surface area contributed by atoms with Crippen LogP contribution in [0.15, 0.2) is 0 Å². The van der Waals surface area contributed by atoms with E-state index in [1.165, 1.54) is 0 Å². The summed E-state index contributed by atoms with van der Waals surface area (Å²) in [7, 11) is -3.49. The number of sulfone groups is 1. The van der Waals surface area contributed by atoms with Gasteiger partial charge in [-0.05, 0) is 6.42 Å². The zero-order valence-electron chi connectivity index (χ0n) is 11.6. The highest BCUT2D eigenvalue weighted by Gasteiger charge is 2.44. The van der Waals surface area contributed by atoms with Crippen molar-refractivity contribution in [2.45, 2.75) is 38.1 Å². The Labute approximate surface area is 118 Å². The van der Waals surface area contributed by atoms with Crippen LogP contribution in [0.1, 0.15) is 32.6 Å². The molecule has 1 saturated heterocycles.